The monoisotopic (exact) mass is 272 g/mol. The summed E-state index contributed by atoms with van der Waals surface area (Å²) in [6.45, 7) is 3.63. The van der Waals surface area contributed by atoms with E-state index in [-0.39, 0.29) is 0 Å². The quantitative estimate of drug-likeness (QED) is 0.845. The molecule has 2 aromatic heterocycles. The lowest BCUT2D eigenvalue weighted by Gasteiger charge is -2.21. The van der Waals surface area contributed by atoms with Crippen molar-refractivity contribution in [3.05, 3.63) is 54.0 Å². The van der Waals surface area contributed by atoms with Gasteiger partial charge >= 0.3 is 0 Å². The zero-order chi connectivity index (χ0) is 13.7. The van der Waals surface area contributed by atoms with Gasteiger partial charge in [0.2, 0.25) is 0 Å². The van der Waals surface area contributed by atoms with E-state index in [1.165, 1.54) is 0 Å². The van der Waals surface area contributed by atoms with Gasteiger partial charge in [-0.25, -0.2) is 4.98 Å². The van der Waals surface area contributed by atoms with E-state index < -0.39 is 0 Å². The minimum atomic E-state index is 0.387. The van der Waals surface area contributed by atoms with Crippen LogP contribution in [-0.2, 0) is 6.54 Å². The number of hydrogen-bond donors (Lipinski definition) is 1. The topological polar surface area (TPSA) is 55.0 Å². The van der Waals surface area contributed by atoms with Gasteiger partial charge in [0, 0.05) is 24.5 Å². The summed E-state index contributed by atoms with van der Waals surface area (Å²) in [5.41, 5.74) is 7.49. The summed E-state index contributed by atoms with van der Waals surface area (Å²) in [5, 5.41) is 0. The first-order valence-electron chi connectivity index (χ1n) is 6.11. The third-order valence-corrected chi connectivity index (χ3v) is 3.05. The molecule has 0 aliphatic heterocycles. The highest BCUT2D eigenvalue weighted by molar-refractivity contribution is 7.80. The Balaban J connectivity index is 2.22. The lowest BCUT2D eigenvalue weighted by atomic mass is 10.2. The van der Waals surface area contributed by atoms with Crippen molar-refractivity contribution in [2.45, 2.75) is 13.5 Å². The van der Waals surface area contributed by atoms with Crippen LogP contribution in [0, 0.1) is 0 Å². The molecule has 4 nitrogen and oxygen atoms in total. The molecule has 0 aliphatic carbocycles. The average molecular weight is 272 g/mol. The maximum Gasteiger partial charge on any atom is 0.129 e. The van der Waals surface area contributed by atoms with E-state index in [1.807, 2.05) is 30.3 Å². The largest absolute Gasteiger partial charge is 0.389 e. The Labute approximate surface area is 118 Å². The van der Waals surface area contributed by atoms with Crippen LogP contribution >= 0.6 is 12.2 Å². The fourth-order valence-electron chi connectivity index (χ4n) is 1.79. The molecule has 0 aromatic carbocycles. The Morgan fingerprint density at radius 1 is 1.26 bits per heavy atom. The fraction of sp³-hybridized carbons (Fsp3) is 0.214. The fourth-order valence-corrected chi connectivity index (χ4v) is 1.91. The Kier molecular flexibility index (Phi) is 4.41. The zero-order valence-electron chi connectivity index (χ0n) is 10.8. The van der Waals surface area contributed by atoms with Crippen molar-refractivity contribution in [2.24, 2.45) is 5.73 Å². The van der Waals surface area contributed by atoms with Crippen LogP contribution in [0.15, 0.2) is 42.7 Å². The molecule has 0 atom stereocenters. The molecule has 0 unspecified atom stereocenters. The third kappa shape index (κ3) is 3.48. The number of aromatic nitrogens is 2. The van der Waals surface area contributed by atoms with Gasteiger partial charge in [0.05, 0.1) is 12.2 Å². The van der Waals surface area contributed by atoms with Gasteiger partial charge in [0.1, 0.15) is 10.8 Å². The molecule has 0 saturated carbocycles. The van der Waals surface area contributed by atoms with Gasteiger partial charge in [-0.3, -0.25) is 4.98 Å². The number of rotatable bonds is 5. The van der Waals surface area contributed by atoms with E-state index in [0.717, 1.165) is 23.6 Å². The van der Waals surface area contributed by atoms with Crippen LogP contribution in [0.2, 0.25) is 0 Å². The van der Waals surface area contributed by atoms with Crippen LogP contribution in [0.5, 0.6) is 0 Å². The molecule has 2 aromatic rings. The second kappa shape index (κ2) is 6.24. The summed E-state index contributed by atoms with van der Waals surface area (Å²) in [6, 6.07) is 9.62. The van der Waals surface area contributed by atoms with E-state index in [0.29, 0.717) is 11.5 Å². The molecule has 5 heteroatoms. The van der Waals surface area contributed by atoms with Crippen molar-refractivity contribution >= 4 is 23.0 Å². The van der Waals surface area contributed by atoms with Gasteiger partial charge in [0.15, 0.2) is 0 Å². The summed E-state index contributed by atoms with van der Waals surface area (Å²) in [6.07, 6.45) is 3.52. The minimum absolute atomic E-state index is 0.387. The maximum atomic E-state index is 5.65. The predicted octanol–water partition coefficient (Wildman–Crippen LogP) is 2.14. The summed E-state index contributed by atoms with van der Waals surface area (Å²) in [4.78, 5) is 11.2. The Morgan fingerprint density at radius 3 is 2.74 bits per heavy atom. The van der Waals surface area contributed by atoms with Crippen LogP contribution in [-0.4, -0.2) is 21.5 Å². The van der Waals surface area contributed by atoms with Crippen LogP contribution in [0.3, 0.4) is 0 Å². The molecule has 0 amide bonds. The van der Waals surface area contributed by atoms with Gasteiger partial charge in [-0.2, -0.15) is 0 Å². The minimum Gasteiger partial charge on any atom is -0.389 e. The molecule has 0 fully saturated rings. The highest BCUT2D eigenvalue weighted by atomic mass is 32.1. The summed E-state index contributed by atoms with van der Waals surface area (Å²) >= 11 is 4.99. The molecule has 0 spiro atoms. The number of pyridine rings is 2. The summed E-state index contributed by atoms with van der Waals surface area (Å²) < 4.78 is 0. The van der Waals surface area contributed by atoms with Crippen molar-refractivity contribution < 1.29 is 0 Å². The van der Waals surface area contributed by atoms with Crippen molar-refractivity contribution in [3.8, 4) is 0 Å². The average Bonchev–Trinajstić information content (AvgIpc) is 2.46. The number of thiocarbonyl (C=S) groups is 1. The first-order valence-corrected chi connectivity index (χ1v) is 6.52. The lowest BCUT2D eigenvalue weighted by molar-refractivity contribution is 0.794. The first kappa shape index (κ1) is 13.4. The van der Waals surface area contributed by atoms with Gasteiger partial charge in [-0.15, -0.1) is 0 Å². The molecule has 0 radical (unpaired) electrons. The SMILES string of the molecule is CCN(Cc1ccccn1)c1cc(C(N)=S)ccn1. The summed E-state index contributed by atoms with van der Waals surface area (Å²) in [5.74, 6) is 0.860. The van der Waals surface area contributed by atoms with Crippen molar-refractivity contribution in [1.82, 2.24) is 9.97 Å². The Hall–Kier alpha value is -2.01. The molecule has 19 heavy (non-hydrogen) atoms. The lowest BCUT2D eigenvalue weighted by Crippen LogP contribution is -2.24. The molecule has 2 rings (SSSR count). The highest BCUT2D eigenvalue weighted by Gasteiger charge is 2.08. The first-order chi connectivity index (χ1) is 9.20. The summed E-state index contributed by atoms with van der Waals surface area (Å²) in [7, 11) is 0. The van der Waals surface area contributed by atoms with Crippen molar-refractivity contribution in [2.75, 3.05) is 11.4 Å². The van der Waals surface area contributed by atoms with E-state index in [2.05, 4.69) is 21.8 Å². The van der Waals surface area contributed by atoms with E-state index >= 15 is 0 Å². The normalized spacial score (nSPS) is 10.2. The van der Waals surface area contributed by atoms with E-state index in [1.54, 1.807) is 12.4 Å². The van der Waals surface area contributed by atoms with Crippen LogP contribution in [0.1, 0.15) is 18.2 Å². The zero-order valence-corrected chi connectivity index (χ0v) is 11.6. The molecule has 98 valence electrons. The standard InChI is InChI=1S/C14H16N4S/c1-2-18(10-12-5-3-4-7-16-12)13-9-11(14(15)19)6-8-17-13/h3-9H,2,10H2,1H3,(H2,15,19). The number of nitrogens with two attached hydrogens (primary N) is 1. The second-order valence-electron chi connectivity index (χ2n) is 4.10. The molecule has 2 N–H and O–H groups in total. The number of anilines is 1. The van der Waals surface area contributed by atoms with Crippen LogP contribution < -0.4 is 10.6 Å². The number of nitrogens with zero attached hydrogens (tertiary/aromatic N) is 3. The van der Waals surface area contributed by atoms with E-state index in [4.69, 9.17) is 18.0 Å². The Bertz CT molecular complexity index is 556. The third-order valence-electron chi connectivity index (χ3n) is 2.81. The molecule has 0 bridgehead atoms. The molecule has 2 heterocycles. The molecular weight excluding hydrogens is 256 g/mol. The van der Waals surface area contributed by atoms with E-state index in [9.17, 15) is 0 Å². The van der Waals surface area contributed by atoms with Gasteiger partial charge in [-0.1, -0.05) is 18.3 Å². The van der Waals surface area contributed by atoms with Gasteiger partial charge in [0.25, 0.3) is 0 Å². The van der Waals surface area contributed by atoms with Gasteiger partial charge < -0.3 is 10.6 Å². The van der Waals surface area contributed by atoms with Crippen molar-refractivity contribution in [1.29, 1.82) is 0 Å². The highest BCUT2D eigenvalue weighted by Crippen LogP contribution is 2.15. The number of hydrogen-bond acceptors (Lipinski definition) is 4. The van der Waals surface area contributed by atoms with Gasteiger partial charge in [-0.05, 0) is 31.2 Å². The van der Waals surface area contributed by atoms with Crippen molar-refractivity contribution in [3.63, 3.8) is 0 Å². The predicted molar refractivity (Wildman–Crippen MR) is 81.1 cm³/mol. The molecule has 0 aliphatic rings. The Morgan fingerprint density at radius 2 is 2.11 bits per heavy atom. The van der Waals surface area contributed by atoms with Crippen LogP contribution in [0.4, 0.5) is 5.82 Å². The second-order valence-corrected chi connectivity index (χ2v) is 4.54. The maximum absolute atomic E-state index is 5.65. The molecular formula is C14H16N4S. The van der Waals surface area contributed by atoms with Crippen LogP contribution in [0.25, 0.3) is 0 Å². The smallest absolute Gasteiger partial charge is 0.129 e. The molecule has 0 saturated heterocycles.